The van der Waals surface area contributed by atoms with Crippen molar-refractivity contribution in [2.24, 2.45) is 0 Å². The summed E-state index contributed by atoms with van der Waals surface area (Å²) in [5, 5.41) is 9.08. The summed E-state index contributed by atoms with van der Waals surface area (Å²) in [5.41, 5.74) is 1.03. The van der Waals surface area contributed by atoms with Crippen molar-refractivity contribution in [3.63, 3.8) is 0 Å². The highest BCUT2D eigenvalue weighted by Gasteiger charge is 2.07. The summed E-state index contributed by atoms with van der Waals surface area (Å²) in [7, 11) is 1.71. The van der Waals surface area contributed by atoms with Crippen molar-refractivity contribution < 1.29 is 4.74 Å². The summed E-state index contributed by atoms with van der Waals surface area (Å²) >= 11 is 3.38. The second kappa shape index (κ2) is 6.14. The number of hydrogen-bond donors (Lipinski definition) is 0. The van der Waals surface area contributed by atoms with E-state index in [2.05, 4.69) is 33.2 Å². The lowest BCUT2D eigenvalue weighted by atomic mass is 10.2. The van der Waals surface area contributed by atoms with Crippen LogP contribution in [0.5, 0.6) is 0 Å². The van der Waals surface area contributed by atoms with Crippen molar-refractivity contribution in [2.45, 2.75) is 25.8 Å². The van der Waals surface area contributed by atoms with Gasteiger partial charge in [0, 0.05) is 31.7 Å². The molecule has 1 aromatic rings. The maximum absolute atomic E-state index is 5.02. The molecule has 4 nitrogen and oxygen atoms in total. The SMILES string of the molecule is COCCC(C)n1cc(CCBr)nn1. The summed E-state index contributed by atoms with van der Waals surface area (Å²) < 4.78 is 6.92. The molecule has 80 valence electrons. The zero-order valence-corrected chi connectivity index (χ0v) is 10.2. The fraction of sp³-hybridized carbons (Fsp3) is 0.778. The molecule has 0 spiro atoms. The lowest BCUT2D eigenvalue weighted by Gasteiger charge is -2.09. The first-order chi connectivity index (χ1) is 6.77. The number of aryl methyl sites for hydroxylation is 1. The number of nitrogens with zero attached hydrogens (tertiary/aromatic N) is 3. The van der Waals surface area contributed by atoms with Crippen LogP contribution in [-0.2, 0) is 11.2 Å². The van der Waals surface area contributed by atoms with Crippen LogP contribution in [0.25, 0.3) is 0 Å². The Kier molecular flexibility index (Phi) is 5.11. The van der Waals surface area contributed by atoms with Gasteiger partial charge in [-0.1, -0.05) is 21.1 Å². The minimum Gasteiger partial charge on any atom is -0.385 e. The van der Waals surface area contributed by atoms with Crippen LogP contribution in [0.3, 0.4) is 0 Å². The molecule has 0 radical (unpaired) electrons. The molecule has 1 rings (SSSR count). The van der Waals surface area contributed by atoms with Crippen molar-refractivity contribution in [3.8, 4) is 0 Å². The topological polar surface area (TPSA) is 39.9 Å². The Morgan fingerprint density at radius 3 is 3.07 bits per heavy atom. The minimum absolute atomic E-state index is 0.353. The summed E-state index contributed by atoms with van der Waals surface area (Å²) in [6.45, 7) is 2.88. The molecule has 14 heavy (non-hydrogen) atoms. The van der Waals surface area contributed by atoms with E-state index >= 15 is 0 Å². The minimum atomic E-state index is 0.353. The van der Waals surface area contributed by atoms with Crippen LogP contribution in [0.15, 0.2) is 6.20 Å². The predicted octanol–water partition coefficient (Wildman–Crippen LogP) is 1.81. The molecule has 1 aromatic heterocycles. The van der Waals surface area contributed by atoms with Crippen LogP contribution in [0.1, 0.15) is 25.1 Å². The highest BCUT2D eigenvalue weighted by Crippen LogP contribution is 2.09. The van der Waals surface area contributed by atoms with Gasteiger partial charge in [-0.25, -0.2) is 4.68 Å². The largest absolute Gasteiger partial charge is 0.385 e. The third-order valence-electron chi connectivity index (χ3n) is 2.10. The van der Waals surface area contributed by atoms with E-state index in [1.807, 2.05) is 10.9 Å². The first-order valence-electron chi connectivity index (χ1n) is 4.73. The van der Waals surface area contributed by atoms with Crippen LogP contribution in [0.2, 0.25) is 0 Å². The number of aromatic nitrogens is 3. The molecule has 0 N–H and O–H groups in total. The van der Waals surface area contributed by atoms with Gasteiger partial charge in [-0.05, 0) is 13.3 Å². The highest BCUT2D eigenvalue weighted by molar-refractivity contribution is 9.09. The lowest BCUT2D eigenvalue weighted by molar-refractivity contribution is 0.178. The first kappa shape index (κ1) is 11.7. The second-order valence-corrected chi connectivity index (χ2v) is 4.05. The van der Waals surface area contributed by atoms with Crippen LogP contribution in [-0.4, -0.2) is 34.0 Å². The van der Waals surface area contributed by atoms with Crippen molar-refractivity contribution in [1.29, 1.82) is 0 Å². The standard InChI is InChI=1S/C9H16BrN3O/c1-8(4-6-14-2)13-7-9(3-5-10)11-12-13/h7-8H,3-6H2,1-2H3. The monoisotopic (exact) mass is 261 g/mol. The molecule has 1 atom stereocenters. The van der Waals surface area contributed by atoms with E-state index in [1.165, 1.54) is 0 Å². The van der Waals surface area contributed by atoms with Gasteiger partial charge in [0.15, 0.2) is 0 Å². The summed E-state index contributed by atoms with van der Waals surface area (Å²) in [6, 6.07) is 0.353. The van der Waals surface area contributed by atoms with Crippen LogP contribution >= 0.6 is 15.9 Å². The van der Waals surface area contributed by atoms with Crippen molar-refractivity contribution in [2.75, 3.05) is 19.0 Å². The number of methoxy groups -OCH3 is 1. The number of alkyl halides is 1. The van der Waals surface area contributed by atoms with Crippen molar-refractivity contribution in [3.05, 3.63) is 11.9 Å². The Balaban J connectivity index is 2.48. The lowest BCUT2D eigenvalue weighted by Crippen LogP contribution is -2.08. The van der Waals surface area contributed by atoms with Gasteiger partial charge in [0.1, 0.15) is 0 Å². The molecule has 0 saturated carbocycles. The molecule has 0 bridgehead atoms. The first-order valence-corrected chi connectivity index (χ1v) is 5.85. The molecule has 0 aliphatic rings. The van der Waals surface area contributed by atoms with Gasteiger partial charge in [-0.15, -0.1) is 5.10 Å². The Bertz CT molecular complexity index is 264. The molecule has 0 amide bonds. The van der Waals surface area contributed by atoms with E-state index < -0.39 is 0 Å². The van der Waals surface area contributed by atoms with Crippen molar-refractivity contribution >= 4 is 15.9 Å². The molecule has 0 aliphatic heterocycles. The summed E-state index contributed by atoms with van der Waals surface area (Å²) in [4.78, 5) is 0. The fourth-order valence-electron chi connectivity index (χ4n) is 1.16. The molecule has 0 aliphatic carbocycles. The van der Waals surface area contributed by atoms with Gasteiger partial charge in [0.25, 0.3) is 0 Å². The third kappa shape index (κ3) is 3.38. The molecule has 5 heteroatoms. The Labute approximate surface area is 92.8 Å². The quantitative estimate of drug-likeness (QED) is 0.734. The van der Waals surface area contributed by atoms with Gasteiger partial charge in [0.05, 0.1) is 11.7 Å². The van der Waals surface area contributed by atoms with E-state index in [1.54, 1.807) is 7.11 Å². The average Bonchev–Trinajstić information content (AvgIpc) is 2.63. The predicted molar refractivity (Wildman–Crippen MR) is 58.7 cm³/mol. The molecular formula is C9H16BrN3O. The zero-order valence-electron chi connectivity index (χ0n) is 8.61. The summed E-state index contributed by atoms with van der Waals surface area (Å²) in [6.07, 6.45) is 3.90. The molecule has 0 aromatic carbocycles. The van der Waals surface area contributed by atoms with E-state index in [9.17, 15) is 0 Å². The van der Waals surface area contributed by atoms with Gasteiger partial charge in [-0.3, -0.25) is 0 Å². The van der Waals surface area contributed by atoms with Gasteiger partial charge in [0.2, 0.25) is 0 Å². The Morgan fingerprint density at radius 1 is 1.64 bits per heavy atom. The van der Waals surface area contributed by atoms with Crippen LogP contribution in [0.4, 0.5) is 0 Å². The number of halogens is 1. The molecule has 0 saturated heterocycles. The molecular weight excluding hydrogens is 246 g/mol. The number of ether oxygens (including phenoxy) is 1. The maximum Gasteiger partial charge on any atom is 0.0835 e. The smallest absolute Gasteiger partial charge is 0.0835 e. The number of rotatable bonds is 6. The Hall–Kier alpha value is -0.420. The van der Waals surface area contributed by atoms with Crippen LogP contribution in [0, 0.1) is 0 Å². The fourth-order valence-corrected chi connectivity index (χ4v) is 1.57. The van der Waals surface area contributed by atoms with Gasteiger partial charge < -0.3 is 4.74 Å². The number of hydrogen-bond acceptors (Lipinski definition) is 3. The maximum atomic E-state index is 5.02. The summed E-state index contributed by atoms with van der Waals surface area (Å²) in [5.74, 6) is 0. The van der Waals surface area contributed by atoms with Gasteiger partial charge in [-0.2, -0.15) is 0 Å². The Morgan fingerprint density at radius 2 is 2.43 bits per heavy atom. The normalized spacial score (nSPS) is 13.1. The van der Waals surface area contributed by atoms with Crippen molar-refractivity contribution in [1.82, 2.24) is 15.0 Å². The van der Waals surface area contributed by atoms with E-state index in [4.69, 9.17) is 4.74 Å². The van der Waals surface area contributed by atoms with E-state index in [-0.39, 0.29) is 0 Å². The highest BCUT2D eigenvalue weighted by atomic mass is 79.9. The molecule has 1 heterocycles. The average molecular weight is 262 g/mol. The molecule has 0 fully saturated rings. The second-order valence-electron chi connectivity index (χ2n) is 3.26. The van der Waals surface area contributed by atoms with E-state index in [0.717, 1.165) is 30.5 Å². The zero-order chi connectivity index (χ0) is 10.4. The third-order valence-corrected chi connectivity index (χ3v) is 2.50. The van der Waals surface area contributed by atoms with Crippen LogP contribution < -0.4 is 0 Å². The van der Waals surface area contributed by atoms with E-state index in [0.29, 0.717) is 6.04 Å². The molecule has 1 unspecified atom stereocenters. The van der Waals surface area contributed by atoms with Gasteiger partial charge >= 0.3 is 0 Å².